The van der Waals surface area contributed by atoms with Crippen LogP contribution in [0.25, 0.3) is 101 Å². The Morgan fingerprint density at radius 1 is 0.345 bits per heavy atom. The van der Waals surface area contributed by atoms with Gasteiger partial charge in [0.05, 0.1) is 13.7 Å². The van der Waals surface area contributed by atoms with Gasteiger partial charge in [0.15, 0.2) is 17.5 Å². The van der Waals surface area contributed by atoms with Crippen molar-refractivity contribution in [2.75, 3.05) is 0 Å². The highest BCUT2D eigenvalue weighted by Gasteiger charge is 2.18. The highest BCUT2D eigenvalue weighted by Crippen LogP contribution is 2.41. The van der Waals surface area contributed by atoms with Gasteiger partial charge in [-0.15, -0.1) is 0 Å². The zero-order valence-electron chi connectivity index (χ0n) is 39.0. The standard InChI is InChI=1S/C51H33N3O/c1-5-15-34(16-6-1)38-23-13-25-40(29-38)49-52-50(41-26-14-24-39(30-41)35-17-7-2-8-18-35)54-51(53-49)42-27-28-44-46-32-43(36-19-9-3-10-20-36)31-45(37-21-11-4-12-22-37)48(46)55-47(44)33-42/h1-33H/i3D,4D,9D,10D,11D,12D,19D,20D,21D,22D. The molecule has 0 spiro atoms. The molecule has 0 aliphatic carbocycles. The Balaban J connectivity index is 1.20. The molecular weight excluding hydrogens is 671 g/mol. The van der Waals surface area contributed by atoms with Crippen molar-refractivity contribution in [1.82, 2.24) is 15.0 Å². The van der Waals surface area contributed by atoms with E-state index >= 15 is 0 Å². The molecule has 258 valence electrons. The van der Waals surface area contributed by atoms with Crippen LogP contribution < -0.4 is 0 Å². The van der Waals surface area contributed by atoms with Crippen molar-refractivity contribution in [1.29, 1.82) is 0 Å². The first kappa shape index (κ1) is 23.3. The summed E-state index contributed by atoms with van der Waals surface area (Å²) >= 11 is 0. The lowest BCUT2D eigenvalue weighted by atomic mass is 9.95. The van der Waals surface area contributed by atoms with Gasteiger partial charge in [-0.2, -0.15) is 0 Å². The molecule has 4 nitrogen and oxygen atoms in total. The minimum absolute atomic E-state index is 0.0837. The van der Waals surface area contributed by atoms with Crippen LogP contribution in [0.1, 0.15) is 13.7 Å². The van der Waals surface area contributed by atoms with Gasteiger partial charge in [0.1, 0.15) is 11.2 Å². The molecule has 2 heterocycles. The molecule has 0 unspecified atom stereocenters. The highest BCUT2D eigenvalue weighted by molar-refractivity contribution is 6.12. The fourth-order valence-electron chi connectivity index (χ4n) is 6.83. The third kappa shape index (κ3) is 6.26. The van der Waals surface area contributed by atoms with Gasteiger partial charge in [0.2, 0.25) is 0 Å². The summed E-state index contributed by atoms with van der Waals surface area (Å²) in [5.74, 6) is 1.21. The number of rotatable bonds is 7. The predicted molar refractivity (Wildman–Crippen MR) is 225 cm³/mol. The first-order valence-corrected chi connectivity index (χ1v) is 17.6. The maximum atomic E-state index is 8.90. The van der Waals surface area contributed by atoms with E-state index in [-0.39, 0.29) is 27.8 Å². The molecule has 0 atom stereocenters. The number of benzene rings is 8. The minimum Gasteiger partial charge on any atom is -0.455 e. The first-order chi connectivity index (χ1) is 31.4. The molecule has 0 saturated carbocycles. The zero-order valence-corrected chi connectivity index (χ0v) is 29.0. The van der Waals surface area contributed by atoms with Gasteiger partial charge in [-0.3, -0.25) is 0 Å². The molecule has 10 rings (SSSR count). The van der Waals surface area contributed by atoms with Crippen molar-refractivity contribution in [2.24, 2.45) is 0 Å². The largest absolute Gasteiger partial charge is 0.455 e. The molecule has 10 aromatic rings. The van der Waals surface area contributed by atoms with Gasteiger partial charge in [0, 0.05) is 33.0 Å². The summed E-state index contributed by atoms with van der Waals surface area (Å²) in [6.45, 7) is 0. The summed E-state index contributed by atoms with van der Waals surface area (Å²) in [6.07, 6.45) is 0. The molecule has 2 aromatic heterocycles. The van der Waals surface area contributed by atoms with E-state index in [1.54, 1.807) is 18.2 Å². The van der Waals surface area contributed by atoms with E-state index in [0.717, 1.165) is 33.4 Å². The molecule has 0 aliphatic heterocycles. The summed E-state index contributed by atoms with van der Waals surface area (Å²) in [6, 6.07) is 39.2. The lowest BCUT2D eigenvalue weighted by Crippen LogP contribution is -2.00. The molecule has 0 aliphatic rings. The second-order valence-corrected chi connectivity index (χ2v) is 12.9. The van der Waals surface area contributed by atoms with Gasteiger partial charge < -0.3 is 4.42 Å². The second-order valence-electron chi connectivity index (χ2n) is 12.9. The van der Waals surface area contributed by atoms with Crippen LogP contribution in [0.5, 0.6) is 0 Å². The smallest absolute Gasteiger partial charge is 0.164 e. The normalized spacial score (nSPS) is 13.8. The quantitative estimate of drug-likeness (QED) is 0.165. The molecule has 0 saturated heterocycles. The lowest BCUT2D eigenvalue weighted by molar-refractivity contribution is 0.670. The number of fused-ring (bicyclic) bond motifs is 3. The van der Waals surface area contributed by atoms with E-state index in [1.807, 2.05) is 115 Å². The minimum atomic E-state index is -0.578. The maximum absolute atomic E-state index is 8.90. The molecule has 0 bridgehead atoms. The topological polar surface area (TPSA) is 51.8 Å². The molecule has 55 heavy (non-hydrogen) atoms. The summed E-state index contributed by atoms with van der Waals surface area (Å²) in [7, 11) is 0. The van der Waals surface area contributed by atoms with Crippen LogP contribution in [-0.4, -0.2) is 15.0 Å². The van der Waals surface area contributed by atoms with Crippen LogP contribution in [0.2, 0.25) is 0 Å². The summed E-state index contributed by atoms with van der Waals surface area (Å²) in [5.41, 5.74) is 6.61. The zero-order chi connectivity index (χ0) is 45.3. The van der Waals surface area contributed by atoms with Crippen molar-refractivity contribution < 1.29 is 18.1 Å². The van der Waals surface area contributed by atoms with E-state index in [4.69, 9.17) is 33.1 Å². The molecule has 0 amide bonds. The van der Waals surface area contributed by atoms with Crippen molar-refractivity contribution >= 4 is 21.9 Å². The Bertz CT molecular complexity index is 3400. The maximum Gasteiger partial charge on any atom is 0.164 e. The molecule has 8 aromatic carbocycles. The molecule has 0 radical (unpaired) electrons. The van der Waals surface area contributed by atoms with Crippen LogP contribution in [0.3, 0.4) is 0 Å². The van der Waals surface area contributed by atoms with Crippen LogP contribution in [0.4, 0.5) is 0 Å². The number of hydrogen-bond acceptors (Lipinski definition) is 4. The number of aromatic nitrogens is 3. The Labute approximate surface area is 333 Å². The first-order valence-electron chi connectivity index (χ1n) is 22.6. The molecule has 0 N–H and O–H groups in total. The Kier molecular flexibility index (Phi) is 5.86. The van der Waals surface area contributed by atoms with Crippen LogP contribution in [0.15, 0.2) is 204 Å². The fraction of sp³-hybridized carbons (Fsp3) is 0. The molecule has 0 fully saturated rings. The predicted octanol–water partition coefficient (Wildman–Crippen LogP) is 13.4. The summed E-state index contributed by atoms with van der Waals surface area (Å²) < 4.78 is 92.1. The average Bonchev–Trinajstić information content (AvgIpc) is 3.72. The van der Waals surface area contributed by atoms with E-state index in [1.165, 1.54) is 6.07 Å². The summed E-state index contributed by atoms with van der Waals surface area (Å²) in [4.78, 5) is 15.1. The Morgan fingerprint density at radius 2 is 0.836 bits per heavy atom. The van der Waals surface area contributed by atoms with Gasteiger partial charge >= 0.3 is 0 Å². The van der Waals surface area contributed by atoms with Gasteiger partial charge in [0.25, 0.3) is 0 Å². The van der Waals surface area contributed by atoms with E-state index in [9.17, 15) is 0 Å². The van der Waals surface area contributed by atoms with Crippen LogP contribution in [0, 0.1) is 0 Å². The van der Waals surface area contributed by atoms with Crippen LogP contribution in [-0.2, 0) is 0 Å². The van der Waals surface area contributed by atoms with Gasteiger partial charge in [-0.05, 0) is 75.3 Å². The van der Waals surface area contributed by atoms with E-state index in [2.05, 4.69) is 0 Å². The third-order valence-electron chi connectivity index (χ3n) is 9.48. The van der Waals surface area contributed by atoms with Crippen molar-refractivity contribution in [2.45, 2.75) is 0 Å². The van der Waals surface area contributed by atoms with Crippen molar-refractivity contribution in [3.8, 4) is 78.7 Å². The second kappa shape index (κ2) is 13.8. The lowest BCUT2D eigenvalue weighted by Gasteiger charge is -2.10. The van der Waals surface area contributed by atoms with Gasteiger partial charge in [-0.1, -0.05) is 164 Å². The number of nitrogens with zero attached hydrogens (tertiary/aromatic N) is 3. The van der Waals surface area contributed by atoms with Crippen molar-refractivity contribution in [3.63, 3.8) is 0 Å². The average molecular weight is 714 g/mol. The molecular formula is C51H33N3O. The van der Waals surface area contributed by atoms with Gasteiger partial charge in [-0.25, -0.2) is 15.0 Å². The number of furan rings is 1. The van der Waals surface area contributed by atoms with Crippen LogP contribution >= 0.6 is 0 Å². The number of hydrogen-bond donors (Lipinski definition) is 0. The third-order valence-corrected chi connectivity index (χ3v) is 9.48. The van der Waals surface area contributed by atoms with Crippen molar-refractivity contribution in [3.05, 3.63) is 200 Å². The SMILES string of the molecule is [2H]c1c([2H])c([2H])c(-c2cc(-c3c([2H])c([2H])c([2H])c([2H])c3[2H])c3oc4cc(-c5nc(-c6cccc(-c7ccccc7)c6)nc(-c6cccc(-c7ccccc7)c6)n5)ccc4c3c2)c([2H])c1[2H]. The van der Waals surface area contributed by atoms with E-state index in [0.29, 0.717) is 39.4 Å². The van der Waals surface area contributed by atoms with E-state index < -0.39 is 60.4 Å². The Hall–Kier alpha value is -7.43. The highest BCUT2D eigenvalue weighted by atomic mass is 16.3. The summed E-state index contributed by atoms with van der Waals surface area (Å²) in [5, 5.41) is 0.970. The fourth-order valence-corrected chi connectivity index (χ4v) is 6.83. The molecule has 4 heteroatoms. The monoisotopic (exact) mass is 713 g/mol. The Morgan fingerprint density at radius 3 is 1.40 bits per heavy atom.